The molecule has 0 radical (unpaired) electrons. The number of hydrogen-bond acceptors (Lipinski definition) is 4. The van der Waals surface area contributed by atoms with Crippen molar-refractivity contribution in [3.63, 3.8) is 0 Å². The molecule has 2 rings (SSSR count). The van der Waals surface area contributed by atoms with Crippen LogP contribution in [0, 0.1) is 6.92 Å². The van der Waals surface area contributed by atoms with Gasteiger partial charge < -0.3 is 5.32 Å². The Hall–Kier alpha value is -1.69. The normalized spacial score (nSPS) is 11.0. The van der Waals surface area contributed by atoms with Crippen molar-refractivity contribution in [2.75, 3.05) is 0 Å². The minimum absolute atomic E-state index is 0.0342. The predicted molar refractivity (Wildman–Crippen MR) is 79.7 cm³/mol. The van der Waals surface area contributed by atoms with E-state index in [9.17, 15) is 4.79 Å². The van der Waals surface area contributed by atoms with E-state index < -0.39 is 0 Å². The molecule has 2 heterocycles. The third kappa shape index (κ3) is 4.16. The number of amides is 1. The number of rotatable bonds is 6. The maximum Gasteiger partial charge on any atom is 0.220 e. The van der Waals surface area contributed by atoms with Crippen LogP contribution in [0.15, 0.2) is 11.4 Å². The molecule has 0 saturated heterocycles. The Morgan fingerprint density at radius 3 is 2.90 bits per heavy atom. The lowest BCUT2D eigenvalue weighted by atomic mass is 10.2. The summed E-state index contributed by atoms with van der Waals surface area (Å²) < 4.78 is 0. The number of aromatic nitrogens is 3. The molecule has 0 spiro atoms. The molecule has 0 atom stereocenters. The number of H-pyrrole nitrogens is 1. The van der Waals surface area contributed by atoms with Gasteiger partial charge in [-0.15, -0.1) is 11.3 Å². The van der Waals surface area contributed by atoms with E-state index in [-0.39, 0.29) is 5.91 Å². The van der Waals surface area contributed by atoms with Crippen molar-refractivity contribution in [3.05, 3.63) is 33.5 Å². The standard InChI is InChI=1S/C14H20N4OS/c1-9(2)12-8-20-14(16-12)7-15-13(19)5-4-11-6-10(3)17-18-11/h6,8-9H,4-5,7H2,1-3H3,(H,15,19)(H,17,18). The summed E-state index contributed by atoms with van der Waals surface area (Å²) >= 11 is 1.59. The number of aromatic amines is 1. The summed E-state index contributed by atoms with van der Waals surface area (Å²) in [5.41, 5.74) is 3.03. The van der Waals surface area contributed by atoms with Crippen LogP contribution in [0.3, 0.4) is 0 Å². The first-order chi connectivity index (χ1) is 9.54. The maximum atomic E-state index is 11.8. The highest BCUT2D eigenvalue weighted by molar-refractivity contribution is 7.09. The molecule has 2 N–H and O–H groups in total. The molecule has 5 nitrogen and oxygen atoms in total. The van der Waals surface area contributed by atoms with Crippen molar-refractivity contribution in [2.24, 2.45) is 0 Å². The molecule has 0 saturated carbocycles. The largest absolute Gasteiger partial charge is 0.350 e. The van der Waals surface area contributed by atoms with Crippen LogP contribution in [0.5, 0.6) is 0 Å². The fourth-order valence-corrected chi connectivity index (χ4v) is 2.67. The van der Waals surface area contributed by atoms with Gasteiger partial charge in [-0.2, -0.15) is 5.10 Å². The first kappa shape index (κ1) is 14.7. The van der Waals surface area contributed by atoms with E-state index in [2.05, 4.69) is 39.7 Å². The quantitative estimate of drug-likeness (QED) is 0.859. The molecule has 0 aliphatic rings. The van der Waals surface area contributed by atoms with Crippen LogP contribution in [-0.2, 0) is 17.8 Å². The second-order valence-electron chi connectivity index (χ2n) is 5.14. The van der Waals surface area contributed by atoms with Crippen LogP contribution >= 0.6 is 11.3 Å². The Balaban J connectivity index is 1.74. The number of thiazole rings is 1. The van der Waals surface area contributed by atoms with Crippen LogP contribution in [0.2, 0.25) is 0 Å². The molecule has 2 aromatic rings. The molecule has 20 heavy (non-hydrogen) atoms. The lowest BCUT2D eigenvalue weighted by Crippen LogP contribution is -2.23. The van der Waals surface area contributed by atoms with Crippen molar-refractivity contribution in [3.8, 4) is 0 Å². The summed E-state index contributed by atoms with van der Waals surface area (Å²) in [5.74, 6) is 0.463. The number of carbonyl (C=O) groups excluding carboxylic acids is 1. The molecule has 0 unspecified atom stereocenters. The molecule has 1 amide bonds. The van der Waals surface area contributed by atoms with Crippen LogP contribution in [0.4, 0.5) is 0 Å². The van der Waals surface area contributed by atoms with E-state index in [1.54, 1.807) is 11.3 Å². The van der Waals surface area contributed by atoms with Gasteiger partial charge in [0.15, 0.2) is 0 Å². The van der Waals surface area contributed by atoms with Crippen molar-refractivity contribution in [1.29, 1.82) is 0 Å². The zero-order valence-electron chi connectivity index (χ0n) is 12.1. The highest BCUT2D eigenvalue weighted by Crippen LogP contribution is 2.17. The zero-order chi connectivity index (χ0) is 14.5. The highest BCUT2D eigenvalue weighted by atomic mass is 32.1. The Labute approximate surface area is 122 Å². The summed E-state index contributed by atoms with van der Waals surface area (Å²) in [6.45, 7) is 6.69. The van der Waals surface area contributed by atoms with Gasteiger partial charge in [-0.1, -0.05) is 13.8 Å². The Kier molecular flexibility index (Phi) is 4.89. The minimum atomic E-state index is 0.0342. The number of hydrogen-bond donors (Lipinski definition) is 2. The fraction of sp³-hybridized carbons (Fsp3) is 0.500. The second-order valence-corrected chi connectivity index (χ2v) is 6.08. The first-order valence-electron chi connectivity index (χ1n) is 6.76. The average Bonchev–Trinajstić information content (AvgIpc) is 3.03. The smallest absolute Gasteiger partial charge is 0.220 e. The van der Waals surface area contributed by atoms with E-state index in [0.29, 0.717) is 25.3 Å². The van der Waals surface area contributed by atoms with Gasteiger partial charge in [0.2, 0.25) is 5.91 Å². The molecule has 0 aliphatic heterocycles. The van der Waals surface area contributed by atoms with E-state index in [1.165, 1.54) is 0 Å². The summed E-state index contributed by atoms with van der Waals surface area (Å²) in [6, 6.07) is 1.96. The molecule has 6 heteroatoms. The third-order valence-corrected chi connectivity index (χ3v) is 3.83. The molecule has 0 bridgehead atoms. The van der Waals surface area contributed by atoms with E-state index in [1.807, 2.05) is 13.0 Å². The summed E-state index contributed by atoms with van der Waals surface area (Å²) in [4.78, 5) is 16.3. The van der Waals surface area contributed by atoms with Gasteiger partial charge in [-0.25, -0.2) is 4.98 Å². The summed E-state index contributed by atoms with van der Waals surface area (Å²) in [6.07, 6.45) is 1.11. The lowest BCUT2D eigenvalue weighted by molar-refractivity contribution is -0.121. The van der Waals surface area contributed by atoms with Crippen molar-refractivity contribution >= 4 is 17.2 Å². The summed E-state index contributed by atoms with van der Waals surface area (Å²) in [5, 5.41) is 12.9. The van der Waals surface area contributed by atoms with E-state index >= 15 is 0 Å². The van der Waals surface area contributed by atoms with E-state index in [0.717, 1.165) is 22.1 Å². The lowest BCUT2D eigenvalue weighted by Gasteiger charge is -2.02. The number of nitrogens with one attached hydrogen (secondary N) is 2. The van der Waals surface area contributed by atoms with Gasteiger partial charge >= 0.3 is 0 Å². The van der Waals surface area contributed by atoms with Gasteiger partial charge in [0.1, 0.15) is 5.01 Å². The minimum Gasteiger partial charge on any atom is -0.350 e. The van der Waals surface area contributed by atoms with Crippen molar-refractivity contribution in [2.45, 2.75) is 46.1 Å². The Morgan fingerprint density at radius 2 is 2.30 bits per heavy atom. The molecular formula is C14H20N4OS. The number of carbonyl (C=O) groups is 1. The molecule has 0 aromatic carbocycles. The maximum absolute atomic E-state index is 11.8. The van der Waals surface area contributed by atoms with Crippen LogP contribution in [0.25, 0.3) is 0 Å². The van der Waals surface area contributed by atoms with Crippen LogP contribution in [0.1, 0.15) is 48.3 Å². The fourth-order valence-electron chi connectivity index (χ4n) is 1.78. The van der Waals surface area contributed by atoms with Crippen molar-refractivity contribution < 1.29 is 4.79 Å². The molecule has 2 aromatic heterocycles. The number of aryl methyl sites for hydroxylation is 2. The van der Waals surface area contributed by atoms with Gasteiger partial charge in [0.25, 0.3) is 0 Å². The molecule has 108 valence electrons. The van der Waals surface area contributed by atoms with Crippen LogP contribution < -0.4 is 5.32 Å². The average molecular weight is 292 g/mol. The molecule has 0 aliphatic carbocycles. The predicted octanol–water partition coefficient (Wildman–Crippen LogP) is 2.55. The Bertz CT molecular complexity index is 573. The van der Waals surface area contributed by atoms with Gasteiger partial charge in [-0.3, -0.25) is 9.89 Å². The molecular weight excluding hydrogens is 272 g/mol. The second kappa shape index (κ2) is 6.65. The number of nitrogens with zero attached hydrogens (tertiary/aromatic N) is 2. The third-order valence-electron chi connectivity index (χ3n) is 2.97. The topological polar surface area (TPSA) is 70.7 Å². The highest BCUT2D eigenvalue weighted by Gasteiger charge is 2.08. The van der Waals surface area contributed by atoms with E-state index in [4.69, 9.17) is 0 Å². The monoisotopic (exact) mass is 292 g/mol. The SMILES string of the molecule is Cc1cc(CCC(=O)NCc2nc(C(C)C)cs2)n[nH]1. The van der Waals surface area contributed by atoms with Crippen LogP contribution in [-0.4, -0.2) is 21.1 Å². The Morgan fingerprint density at radius 1 is 1.50 bits per heavy atom. The summed E-state index contributed by atoms with van der Waals surface area (Å²) in [7, 11) is 0. The molecule has 0 fully saturated rings. The van der Waals surface area contributed by atoms with Gasteiger partial charge in [0.05, 0.1) is 17.9 Å². The first-order valence-corrected chi connectivity index (χ1v) is 7.64. The zero-order valence-corrected chi connectivity index (χ0v) is 12.9. The van der Waals surface area contributed by atoms with Gasteiger partial charge in [0, 0.05) is 23.9 Å². The van der Waals surface area contributed by atoms with Gasteiger partial charge in [-0.05, 0) is 18.9 Å². The van der Waals surface area contributed by atoms with Crippen molar-refractivity contribution in [1.82, 2.24) is 20.5 Å².